The number of rotatable bonds is 5. The second-order valence-electron chi connectivity index (χ2n) is 5.45. The number of carbonyl (C=O) groups excluding carboxylic acids is 1. The number of benzene rings is 1. The molecule has 0 N–H and O–H groups in total. The third-order valence-electron chi connectivity index (χ3n) is 3.27. The molecule has 0 unspecified atom stereocenters. The van der Waals surface area contributed by atoms with Crippen molar-refractivity contribution >= 4 is 11.5 Å². The van der Waals surface area contributed by atoms with E-state index in [4.69, 9.17) is 4.42 Å². The SMILES string of the molecule is COC(=O)/C=C(\C)c1ccc(-c2ccc(CN(C)C)cc2)o1. The Labute approximate surface area is 131 Å². The van der Waals surface area contributed by atoms with E-state index >= 15 is 0 Å². The van der Waals surface area contributed by atoms with Gasteiger partial charge in [0, 0.05) is 18.2 Å². The van der Waals surface area contributed by atoms with E-state index in [1.54, 1.807) is 0 Å². The Morgan fingerprint density at radius 3 is 2.45 bits per heavy atom. The lowest BCUT2D eigenvalue weighted by molar-refractivity contribution is -0.134. The summed E-state index contributed by atoms with van der Waals surface area (Å²) < 4.78 is 10.4. The van der Waals surface area contributed by atoms with Gasteiger partial charge in [0.15, 0.2) is 0 Å². The molecule has 4 nitrogen and oxygen atoms in total. The van der Waals surface area contributed by atoms with Gasteiger partial charge >= 0.3 is 5.97 Å². The minimum Gasteiger partial charge on any atom is -0.466 e. The van der Waals surface area contributed by atoms with E-state index in [1.807, 2.05) is 45.3 Å². The van der Waals surface area contributed by atoms with Crippen LogP contribution in [-0.4, -0.2) is 32.1 Å². The van der Waals surface area contributed by atoms with E-state index in [0.717, 1.165) is 23.4 Å². The molecule has 0 spiro atoms. The monoisotopic (exact) mass is 299 g/mol. The third-order valence-corrected chi connectivity index (χ3v) is 3.27. The fourth-order valence-corrected chi connectivity index (χ4v) is 2.15. The number of hydrogen-bond acceptors (Lipinski definition) is 4. The molecule has 0 saturated carbocycles. The maximum Gasteiger partial charge on any atom is 0.330 e. The average molecular weight is 299 g/mol. The molecular weight excluding hydrogens is 278 g/mol. The number of nitrogens with zero attached hydrogens (tertiary/aromatic N) is 1. The molecular formula is C18H21NO3. The number of carbonyl (C=O) groups is 1. The molecule has 2 aromatic rings. The van der Waals surface area contributed by atoms with E-state index in [9.17, 15) is 4.79 Å². The van der Waals surface area contributed by atoms with Crippen molar-refractivity contribution in [2.75, 3.05) is 21.2 Å². The van der Waals surface area contributed by atoms with Gasteiger partial charge in [0.25, 0.3) is 0 Å². The number of ether oxygens (including phenoxy) is 1. The van der Waals surface area contributed by atoms with E-state index < -0.39 is 0 Å². The number of methoxy groups -OCH3 is 1. The van der Waals surface area contributed by atoms with Crippen LogP contribution < -0.4 is 0 Å². The number of furan rings is 1. The van der Waals surface area contributed by atoms with Crippen LogP contribution in [-0.2, 0) is 16.1 Å². The van der Waals surface area contributed by atoms with Crippen LogP contribution in [0, 0.1) is 0 Å². The van der Waals surface area contributed by atoms with Crippen LogP contribution in [0.2, 0.25) is 0 Å². The van der Waals surface area contributed by atoms with Crippen molar-refractivity contribution in [3.8, 4) is 11.3 Å². The Morgan fingerprint density at radius 2 is 1.86 bits per heavy atom. The Balaban J connectivity index is 2.17. The van der Waals surface area contributed by atoms with Crippen molar-refractivity contribution in [2.24, 2.45) is 0 Å². The zero-order chi connectivity index (χ0) is 16.1. The first-order chi connectivity index (χ1) is 10.5. The minimum absolute atomic E-state index is 0.386. The van der Waals surface area contributed by atoms with E-state index in [-0.39, 0.29) is 5.97 Å². The molecule has 1 aromatic carbocycles. The highest BCUT2D eigenvalue weighted by molar-refractivity contribution is 5.90. The lowest BCUT2D eigenvalue weighted by Gasteiger charge is -2.09. The standard InChI is InChI=1S/C18H21NO3/c1-13(11-18(20)21-4)16-9-10-17(22-16)15-7-5-14(6-8-15)12-19(2)3/h5-11H,12H2,1-4H3/b13-11+. The van der Waals surface area contributed by atoms with Crippen molar-refractivity contribution in [3.63, 3.8) is 0 Å². The number of esters is 1. The summed E-state index contributed by atoms with van der Waals surface area (Å²) in [6.45, 7) is 2.73. The third kappa shape index (κ3) is 4.09. The molecule has 4 heteroatoms. The van der Waals surface area contributed by atoms with Gasteiger partial charge in [-0.15, -0.1) is 0 Å². The van der Waals surface area contributed by atoms with Gasteiger partial charge in [-0.1, -0.05) is 24.3 Å². The summed E-state index contributed by atoms with van der Waals surface area (Å²) in [5, 5.41) is 0. The predicted octanol–water partition coefficient (Wildman–Crippen LogP) is 3.58. The van der Waals surface area contributed by atoms with Crippen molar-refractivity contribution in [2.45, 2.75) is 13.5 Å². The van der Waals surface area contributed by atoms with Crippen molar-refractivity contribution in [1.82, 2.24) is 4.90 Å². The van der Waals surface area contributed by atoms with E-state index in [1.165, 1.54) is 18.7 Å². The first kappa shape index (κ1) is 16.0. The molecule has 0 atom stereocenters. The molecule has 0 fully saturated rings. The molecule has 0 aliphatic rings. The normalized spacial score (nSPS) is 11.8. The molecule has 0 amide bonds. The molecule has 2 rings (SSSR count). The van der Waals surface area contributed by atoms with Crippen LogP contribution in [0.25, 0.3) is 16.9 Å². The molecule has 1 heterocycles. The first-order valence-corrected chi connectivity index (χ1v) is 7.10. The Bertz CT molecular complexity index is 666. The van der Waals surface area contributed by atoms with Crippen LogP contribution in [0.3, 0.4) is 0 Å². The quantitative estimate of drug-likeness (QED) is 0.625. The summed E-state index contributed by atoms with van der Waals surface area (Å²) in [7, 11) is 5.45. The topological polar surface area (TPSA) is 42.7 Å². The lowest BCUT2D eigenvalue weighted by atomic mass is 10.1. The first-order valence-electron chi connectivity index (χ1n) is 7.10. The smallest absolute Gasteiger partial charge is 0.330 e. The number of hydrogen-bond donors (Lipinski definition) is 0. The predicted molar refractivity (Wildman–Crippen MR) is 87.2 cm³/mol. The van der Waals surface area contributed by atoms with Gasteiger partial charge < -0.3 is 14.1 Å². The Hall–Kier alpha value is -2.33. The van der Waals surface area contributed by atoms with Gasteiger partial charge in [0.1, 0.15) is 11.5 Å². The molecule has 0 radical (unpaired) electrons. The highest BCUT2D eigenvalue weighted by atomic mass is 16.5. The van der Waals surface area contributed by atoms with Crippen LogP contribution in [0.5, 0.6) is 0 Å². The molecule has 0 bridgehead atoms. The zero-order valence-corrected chi connectivity index (χ0v) is 13.4. The van der Waals surface area contributed by atoms with Crippen molar-refractivity contribution in [3.05, 3.63) is 53.8 Å². The molecule has 116 valence electrons. The Kier molecular flexibility index (Phi) is 5.17. The van der Waals surface area contributed by atoms with Gasteiger partial charge in [0.2, 0.25) is 0 Å². The summed E-state index contributed by atoms with van der Waals surface area (Å²) in [6.07, 6.45) is 1.42. The maximum atomic E-state index is 11.3. The van der Waals surface area contributed by atoms with Crippen LogP contribution in [0.1, 0.15) is 18.2 Å². The summed E-state index contributed by atoms with van der Waals surface area (Å²) in [5.74, 6) is 1.06. The Morgan fingerprint density at radius 1 is 1.18 bits per heavy atom. The average Bonchev–Trinajstić information content (AvgIpc) is 2.97. The lowest BCUT2D eigenvalue weighted by Crippen LogP contribution is -2.10. The zero-order valence-electron chi connectivity index (χ0n) is 13.4. The fourth-order valence-electron chi connectivity index (χ4n) is 2.15. The highest BCUT2D eigenvalue weighted by Crippen LogP contribution is 2.26. The fraction of sp³-hybridized carbons (Fsp3) is 0.278. The van der Waals surface area contributed by atoms with Gasteiger partial charge in [-0.3, -0.25) is 0 Å². The summed E-state index contributed by atoms with van der Waals surface area (Å²) >= 11 is 0. The van der Waals surface area contributed by atoms with Crippen LogP contribution in [0.15, 0.2) is 46.9 Å². The second-order valence-corrected chi connectivity index (χ2v) is 5.45. The minimum atomic E-state index is -0.386. The van der Waals surface area contributed by atoms with Crippen molar-refractivity contribution in [1.29, 1.82) is 0 Å². The summed E-state index contributed by atoms with van der Waals surface area (Å²) in [6, 6.07) is 12.0. The second kappa shape index (κ2) is 7.09. The van der Waals surface area contributed by atoms with Gasteiger partial charge in [0.05, 0.1) is 7.11 Å². The van der Waals surface area contributed by atoms with Crippen molar-refractivity contribution < 1.29 is 13.9 Å². The van der Waals surface area contributed by atoms with Crippen LogP contribution in [0.4, 0.5) is 0 Å². The van der Waals surface area contributed by atoms with E-state index in [2.05, 4.69) is 21.8 Å². The molecule has 22 heavy (non-hydrogen) atoms. The molecule has 0 aliphatic heterocycles. The van der Waals surface area contributed by atoms with Gasteiger partial charge in [-0.2, -0.15) is 0 Å². The van der Waals surface area contributed by atoms with Gasteiger partial charge in [-0.25, -0.2) is 4.79 Å². The highest BCUT2D eigenvalue weighted by Gasteiger charge is 2.08. The molecule has 1 aromatic heterocycles. The van der Waals surface area contributed by atoms with Gasteiger partial charge in [-0.05, 0) is 44.3 Å². The summed E-state index contributed by atoms with van der Waals surface area (Å²) in [4.78, 5) is 13.4. The molecule has 0 aliphatic carbocycles. The number of allylic oxidation sites excluding steroid dienone is 1. The molecule has 0 saturated heterocycles. The maximum absolute atomic E-state index is 11.3. The summed E-state index contributed by atoms with van der Waals surface area (Å²) in [5.41, 5.74) is 3.00. The largest absolute Gasteiger partial charge is 0.466 e. The van der Waals surface area contributed by atoms with Crippen LogP contribution >= 0.6 is 0 Å². The van der Waals surface area contributed by atoms with E-state index in [0.29, 0.717) is 5.76 Å².